The molecule has 4 aromatic heterocycles. The van der Waals surface area contributed by atoms with Crippen LogP contribution in [0.15, 0.2) is 53.8 Å². The number of halogens is 5. The standard InChI is InChI=1S/C17H13BrF4N8/c18-11-1-2-13(23-7-11)14(5-12-3-4-28(27-12)16(19)20)29-8-10(6-25-29)15-24-9-26-30(15)17(21)22/h1-4,6-9,14,16-17H,5H2. The van der Waals surface area contributed by atoms with Gasteiger partial charge in [0.2, 0.25) is 0 Å². The highest BCUT2D eigenvalue weighted by molar-refractivity contribution is 9.10. The lowest BCUT2D eigenvalue weighted by Crippen LogP contribution is -2.16. The summed E-state index contributed by atoms with van der Waals surface area (Å²) in [6.07, 6.45) is 6.93. The molecule has 4 heterocycles. The van der Waals surface area contributed by atoms with Crippen LogP contribution in [-0.2, 0) is 6.42 Å². The van der Waals surface area contributed by atoms with E-state index in [4.69, 9.17) is 0 Å². The molecule has 1 unspecified atom stereocenters. The van der Waals surface area contributed by atoms with Gasteiger partial charge in [-0.15, -0.1) is 0 Å². The van der Waals surface area contributed by atoms with Gasteiger partial charge in [0, 0.05) is 29.5 Å². The molecular formula is C17H13BrF4N8. The third-order valence-electron chi connectivity index (χ3n) is 4.29. The van der Waals surface area contributed by atoms with Crippen molar-refractivity contribution in [3.05, 3.63) is 65.2 Å². The molecule has 0 aromatic carbocycles. The van der Waals surface area contributed by atoms with Crippen LogP contribution in [0.25, 0.3) is 11.4 Å². The molecule has 0 aliphatic heterocycles. The van der Waals surface area contributed by atoms with Gasteiger partial charge >= 0.3 is 13.1 Å². The minimum absolute atomic E-state index is 0.0410. The lowest BCUT2D eigenvalue weighted by molar-refractivity contribution is 0.0560. The van der Waals surface area contributed by atoms with E-state index in [1.807, 2.05) is 0 Å². The lowest BCUT2D eigenvalue weighted by Gasteiger charge is -2.16. The van der Waals surface area contributed by atoms with Crippen LogP contribution in [-0.4, -0.2) is 39.3 Å². The molecule has 4 aromatic rings. The minimum atomic E-state index is -2.85. The predicted octanol–water partition coefficient (Wildman–Crippen LogP) is 4.12. The average Bonchev–Trinajstić information content (AvgIpc) is 3.46. The number of alkyl halides is 4. The van der Waals surface area contributed by atoms with Crippen molar-refractivity contribution in [2.45, 2.75) is 25.6 Å². The van der Waals surface area contributed by atoms with E-state index in [1.54, 1.807) is 18.3 Å². The first-order chi connectivity index (χ1) is 14.4. The van der Waals surface area contributed by atoms with Crippen molar-refractivity contribution in [2.24, 2.45) is 0 Å². The van der Waals surface area contributed by atoms with Crippen molar-refractivity contribution in [3.63, 3.8) is 0 Å². The van der Waals surface area contributed by atoms with Gasteiger partial charge in [-0.25, -0.2) is 9.67 Å². The van der Waals surface area contributed by atoms with Crippen LogP contribution in [0.5, 0.6) is 0 Å². The van der Waals surface area contributed by atoms with E-state index in [2.05, 4.69) is 41.2 Å². The first kappa shape index (κ1) is 20.2. The summed E-state index contributed by atoms with van der Waals surface area (Å²) in [6.45, 7) is -5.60. The Balaban J connectivity index is 1.70. The van der Waals surface area contributed by atoms with E-state index in [1.165, 1.54) is 29.3 Å². The van der Waals surface area contributed by atoms with Gasteiger partial charge < -0.3 is 0 Å². The maximum absolute atomic E-state index is 13.1. The second kappa shape index (κ2) is 8.34. The molecule has 0 radical (unpaired) electrons. The molecule has 0 aliphatic rings. The molecule has 0 saturated heterocycles. The Kier molecular flexibility index (Phi) is 5.61. The van der Waals surface area contributed by atoms with Crippen molar-refractivity contribution < 1.29 is 17.6 Å². The second-order valence-electron chi connectivity index (χ2n) is 6.20. The Bertz CT molecular complexity index is 1120. The van der Waals surface area contributed by atoms with Gasteiger partial charge in [0.25, 0.3) is 0 Å². The van der Waals surface area contributed by atoms with Crippen LogP contribution in [0.4, 0.5) is 17.6 Å². The van der Waals surface area contributed by atoms with Gasteiger partial charge in [-0.3, -0.25) is 9.67 Å². The SMILES string of the molecule is FC(F)n1ccc(CC(c2ccc(Br)cn2)n2cc(-c3ncnn3C(F)F)cn2)n1. The van der Waals surface area contributed by atoms with Gasteiger partial charge in [-0.2, -0.15) is 37.5 Å². The molecule has 0 bridgehead atoms. The molecule has 13 heteroatoms. The monoisotopic (exact) mass is 484 g/mol. The third kappa shape index (κ3) is 4.10. The third-order valence-corrected chi connectivity index (χ3v) is 4.76. The molecule has 0 spiro atoms. The fourth-order valence-electron chi connectivity index (χ4n) is 2.93. The Morgan fingerprint density at radius 2 is 1.77 bits per heavy atom. The molecule has 0 amide bonds. The first-order valence-electron chi connectivity index (χ1n) is 8.58. The van der Waals surface area contributed by atoms with Crippen LogP contribution in [0, 0.1) is 0 Å². The quantitative estimate of drug-likeness (QED) is 0.368. The molecule has 1 atom stereocenters. The van der Waals surface area contributed by atoms with E-state index < -0.39 is 19.1 Å². The second-order valence-corrected chi connectivity index (χ2v) is 7.12. The van der Waals surface area contributed by atoms with Crippen molar-refractivity contribution in [2.75, 3.05) is 0 Å². The summed E-state index contributed by atoms with van der Waals surface area (Å²) >= 11 is 3.32. The Morgan fingerprint density at radius 1 is 0.933 bits per heavy atom. The molecule has 0 saturated carbocycles. The minimum Gasteiger partial charge on any atom is -0.263 e. The Hall–Kier alpha value is -3.09. The molecule has 0 aliphatic carbocycles. The summed E-state index contributed by atoms with van der Waals surface area (Å²) in [5.74, 6) is -0.0410. The smallest absolute Gasteiger partial charge is 0.263 e. The van der Waals surface area contributed by atoms with Crippen molar-refractivity contribution in [1.82, 2.24) is 39.3 Å². The van der Waals surface area contributed by atoms with Gasteiger partial charge in [-0.05, 0) is 34.1 Å². The highest BCUT2D eigenvalue weighted by atomic mass is 79.9. The predicted molar refractivity (Wildman–Crippen MR) is 99.8 cm³/mol. The molecule has 156 valence electrons. The summed E-state index contributed by atoms with van der Waals surface area (Å²) in [5.41, 5.74) is 1.32. The molecule has 30 heavy (non-hydrogen) atoms. The normalized spacial score (nSPS) is 12.8. The van der Waals surface area contributed by atoms with Gasteiger partial charge in [0.05, 0.1) is 29.2 Å². The topological polar surface area (TPSA) is 79.2 Å². The fourth-order valence-corrected chi connectivity index (χ4v) is 3.17. The number of hydrogen-bond donors (Lipinski definition) is 0. The average molecular weight is 485 g/mol. The van der Waals surface area contributed by atoms with Gasteiger partial charge in [0.15, 0.2) is 5.82 Å². The van der Waals surface area contributed by atoms with Crippen molar-refractivity contribution >= 4 is 15.9 Å². The highest BCUT2D eigenvalue weighted by Gasteiger charge is 2.22. The summed E-state index contributed by atoms with van der Waals surface area (Å²) in [4.78, 5) is 8.24. The molecular weight excluding hydrogens is 472 g/mol. The number of rotatable bonds is 7. The van der Waals surface area contributed by atoms with Crippen LogP contribution in [0.1, 0.15) is 30.5 Å². The number of nitrogens with zero attached hydrogens (tertiary/aromatic N) is 8. The Labute approximate surface area is 175 Å². The highest BCUT2D eigenvalue weighted by Crippen LogP contribution is 2.26. The van der Waals surface area contributed by atoms with E-state index in [0.29, 0.717) is 26.3 Å². The fraction of sp³-hybridized carbons (Fsp3) is 0.235. The maximum atomic E-state index is 13.1. The zero-order chi connectivity index (χ0) is 21.3. The van der Waals surface area contributed by atoms with Crippen molar-refractivity contribution in [3.8, 4) is 11.4 Å². The summed E-state index contributed by atoms with van der Waals surface area (Å²) in [7, 11) is 0. The van der Waals surface area contributed by atoms with Gasteiger partial charge in [0.1, 0.15) is 6.33 Å². The number of pyridine rings is 1. The molecule has 8 nitrogen and oxygen atoms in total. The van der Waals surface area contributed by atoms with E-state index in [-0.39, 0.29) is 12.2 Å². The molecule has 4 rings (SSSR count). The van der Waals surface area contributed by atoms with Crippen molar-refractivity contribution in [1.29, 1.82) is 0 Å². The lowest BCUT2D eigenvalue weighted by atomic mass is 10.1. The largest absolute Gasteiger partial charge is 0.335 e. The van der Waals surface area contributed by atoms with Gasteiger partial charge in [-0.1, -0.05) is 0 Å². The van der Waals surface area contributed by atoms with E-state index in [0.717, 1.165) is 10.8 Å². The van der Waals surface area contributed by atoms with E-state index >= 15 is 0 Å². The molecule has 0 N–H and O–H groups in total. The van der Waals surface area contributed by atoms with E-state index in [9.17, 15) is 17.6 Å². The van der Waals surface area contributed by atoms with Crippen LogP contribution in [0.2, 0.25) is 0 Å². The number of hydrogen-bond acceptors (Lipinski definition) is 5. The number of aromatic nitrogens is 8. The zero-order valence-corrected chi connectivity index (χ0v) is 16.6. The molecule has 0 fully saturated rings. The van der Waals surface area contributed by atoms with Crippen LogP contribution in [0.3, 0.4) is 0 Å². The van der Waals surface area contributed by atoms with Crippen LogP contribution < -0.4 is 0 Å². The maximum Gasteiger partial charge on any atom is 0.335 e. The Morgan fingerprint density at radius 3 is 2.43 bits per heavy atom. The summed E-state index contributed by atoms with van der Waals surface area (Å²) in [6, 6.07) is 4.50. The van der Waals surface area contributed by atoms with Crippen LogP contribution >= 0.6 is 15.9 Å². The summed E-state index contributed by atoms with van der Waals surface area (Å²) in [5, 5.41) is 11.7. The first-order valence-corrected chi connectivity index (χ1v) is 9.37. The summed E-state index contributed by atoms with van der Waals surface area (Å²) < 4.78 is 55.3. The zero-order valence-electron chi connectivity index (χ0n) is 15.0.